The minimum atomic E-state index is -1.33. The summed E-state index contributed by atoms with van der Waals surface area (Å²) in [6.07, 6.45) is 3.38. The third-order valence-corrected chi connectivity index (χ3v) is 7.46. The van der Waals surface area contributed by atoms with Crippen molar-refractivity contribution in [2.75, 3.05) is 50.1 Å². The summed E-state index contributed by atoms with van der Waals surface area (Å²) in [5, 5.41) is 17.9. The topological polar surface area (TPSA) is 118 Å². The van der Waals surface area contributed by atoms with Crippen molar-refractivity contribution in [3.05, 3.63) is 83.9 Å². The highest BCUT2D eigenvalue weighted by atomic mass is 35.5. The van der Waals surface area contributed by atoms with Gasteiger partial charge in [0.25, 0.3) is 0 Å². The lowest BCUT2D eigenvalue weighted by Gasteiger charge is -2.26. The lowest BCUT2D eigenvalue weighted by molar-refractivity contribution is -0.111. The molecule has 0 saturated carbocycles. The average Bonchev–Trinajstić information content (AvgIpc) is 3.01. The number of anilines is 3. The number of rotatable bonds is 12. The van der Waals surface area contributed by atoms with Gasteiger partial charge >= 0.3 is 0 Å². The molecule has 1 fully saturated rings. The van der Waals surface area contributed by atoms with E-state index in [-0.39, 0.29) is 16.5 Å². The van der Waals surface area contributed by atoms with Crippen LogP contribution in [0.5, 0.6) is 17.2 Å². The molecule has 2 heterocycles. The van der Waals surface area contributed by atoms with Crippen molar-refractivity contribution in [2.24, 2.45) is 0 Å². The second kappa shape index (κ2) is 14.2. The Morgan fingerprint density at radius 1 is 1.16 bits per heavy atom. The van der Waals surface area contributed by atoms with Crippen molar-refractivity contribution < 1.29 is 28.5 Å². The summed E-state index contributed by atoms with van der Waals surface area (Å²) in [5.74, 6) is 0.502. The molecule has 0 bridgehead atoms. The van der Waals surface area contributed by atoms with Crippen LogP contribution in [0.3, 0.4) is 0 Å². The van der Waals surface area contributed by atoms with Crippen LogP contribution in [-0.4, -0.2) is 65.3 Å². The maximum absolute atomic E-state index is 13.7. The molecule has 0 spiro atoms. The summed E-state index contributed by atoms with van der Waals surface area (Å²) < 4.78 is 31.1. The number of aromatic nitrogens is 2. The van der Waals surface area contributed by atoms with Crippen LogP contribution in [0.1, 0.15) is 25.8 Å². The molecule has 3 N–H and O–H groups in total. The number of hydrogen-bond acceptors (Lipinski definition) is 9. The number of amides is 1. The van der Waals surface area contributed by atoms with Crippen LogP contribution < -0.4 is 20.1 Å². The molecule has 3 aromatic carbocycles. The maximum Gasteiger partial charge on any atom is 0.247 e. The quantitative estimate of drug-likeness (QED) is 0.120. The Bertz CT molecular complexity index is 1690. The number of aliphatic hydroxyl groups is 1. The summed E-state index contributed by atoms with van der Waals surface area (Å²) >= 11 is 6.60. The maximum atomic E-state index is 13.7. The van der Waals surface area contributed by atoms with Crippen molar-refractivity contribution >= 4 is 45.6 Å². The first-order valence-electron chi connectivity index (χ1n) is 14.5. The molecular weight excluding hydrogens is 601 g/mol. The molecule has 10 nitrogen and oxygen atoms in total. The second-order valence-electron chi connectivity index (χ2n) is 11.0. The molecule has 1 aliphatic heterocycles. The van der Waals surface area contributed by atoms with Gasteiger partial charge in [-0.1, -0.05) is 24.2 Å². The molecule has 45 heavy (non-hydrogen) atoms. The molecule has 5 rings (SSSR count). The zero-order valence-corrected chi connectivity index (χ0v) is 25.9. The molecule has 0 atom stereocenters. The van der Waals surface area contributed by atoms with Gasteiger partial charge < -0.3 is 30.0 Å². The molecule has 4 aromatic rings. The van der Waals surface area contributed by atoms with E-state index in [4.69, 9.17) is 25.8 Å². The number of morpholine rings is 1. The molecule has 1 amide bonds. The Balaban J connectivity index is 1.44. The summed E-state index contributed by atoms with van der Waals surface area (Å²) in [5.41, 5.74) is 0.566. The van der Waals surface area contributed by atoms with Gasteiger partial charge in [-0.25, -0.2) is 14.4 Å². The molecule has 1 aliphatic rings. The second-order valence-corrected chi connectivity index (χ2v) is 11.4. The lowest BCUT2D eigenvalue weighted by atomic mass is 9.96. The monoisotopic (exact) mass is 635 g/mol. The molecule has 0 radical (unpaired) electrons. The van der Waals surface area contributed by atoms with E-state index >= 15 is 0 Å². The van der Waals surface area contributed by atoms with E-state index in [1.165, 1.54) is 30.6 Å². The fourth-order valence-electron chi connectivity index (χ4n) is 4.91. The van der Waals surface area contributed by atoms with Gasteiger partial charge in [0.15, 0.2) is 0 Å². The molecule has 0 unspecified atom stereocenters. The summed E-state index contributed by atoms with van der Waals surface area (Å²) in [6, 6.07) is 12.3. The third kappa shape index (κ3) is 8.25. The molecular formula is C33H35ClFN5O5. The smallest absolute Gasteiger partial charge is 0.247 e. The zero-order chi connectivity index (χ0) is 32.0. The first-order valence-corrected chi connectivity index (χ1v) is 14.9. The van der Waals surface area contributed by atoms with Crippen LogP contribution in [0, 0.1) is 5.82 Å². The Hall–Kier alpha value is -4.29. The third-order valence-electron chi connectivity index (χ3n) is 7.17. The highest BCUT2D eigenvalue weighted by Crippen LogP contribution is 2.41. The standard InChI is InChI=1S/C33H35ClFN5O5/c1-4-31(41)38-28-16-23-26(19-30(28)44-12-6-9-40-10-13-43-14-11-40)36-20-37-32(23)39-27-18-25(34)29(17-24(27)33(2,3)42)45-22-8-5-7-21(35)15-22/h4-5,7-8,15-20,42H,1,6,9-14H2,2-3H3,(H,38,41)(H,36,37,39). The van der Waals surface area contributed by atoms with Crippen LogP contribution >= 0.6 is 11.6 Å². The van der Waals surface area contributed by atoms with Gasteiger partial charge in [-0.15, -0.1) is 0 Å². The largest absolute Gasteiger partial charge is 0.491 e. The number of fused-ring (bicyclic) bond motifs is 1. The van der Waals surface area contributed by atoms with E-state index < -0.39 is 17.3 Å². The van der Waals surface area contributed by atoms with Crippen molar-refractivity contribution in [2.45, 2.75) is 25.9 Å². The first-order chi connectivity index (χ1) is 21.6. The number of benzene rings is 3. The highest BCUT2D eigenvalue weighted by molar-refractivity contribution is 6.32. The zero-order valence-electron chi connectivity index (χ0n) is 25.1. The Kier molecular flexibility index (Phi) is 10.1. The van der Waals surface area contributed by atoms with Gasteiger partial charge in [0, 0.05) is 48.4 Å². The van der Waals surface area contributed by atoms with Gasteiger partial charge in [0.05, 0.1) is 41.6 Å². The van der Waals surface area contributed by atoms with Crippen LogP contribution in [0.4, 0.5) is 21.6 Å². The van der Waals surface area contributed by atoms with Crippen LogP contribution in [-0.2, 0) is 15.1 Å². The summed E-state index contributed by atoms with van der Waals surface area (Å²) in [4.78, 5) is 23.5. The number of hydrogen-bond donors (Lipinski definition) is 3. The van der Waals surface area contributed by atoms with Crippen LogP contribution in [0.15, 0.2) is 67.5 Å². The van der Waals surface area contributed by atoms with E-state index in [1.807, 2.05) is 0 Å². The fraction of sp³-hybridized carbons (Fsp3) is 0.303. The van der Waals surface area contributed by atoms with Gasteiger partial charge in [-0.3, -0.25) is 9.69 Å². The van der Waals surface area contributed by atoms with Crippen molar-refractivity contribution in [1.29, 1.82) is 0 Å². The number of nitrogens with zero attached hydrogens (tertiary/aromatic N) is 3. The van der Waals surface area contributed by atoms with E-state index in [1.54, 1.807) is 44.2 Å². The van der Waals surface area contributed by atoms with Gasteiger partial charge in [0.2, 0.25) is 5.91 Å². The molecule has 12 heteroatoms. The van der Waals surface area contributed by atoms with Crippen LogP contribution in [0.2, 0.25) is 5.02 Å². The van der Waals surface area contributed by atoms with Crippen molar-refractivity contribution in [3.8, 4) is 17.2 Å². The number of carbonyl (C=O) groups is 1. The van der Waals surface area contributed by atoms with Gasteiger partial charge in [0.1, 0.15) is 35.2 Å². The number of ether oxygens (including phenoxy) is 3. The predicted molar refractivity (Wildman–Crippen MR) is 172 cm³/mol. The van der Waals surface area contributed by atoms with E-state index in [9.17, 15) is 14.3 Å². The lowest BCUT2D eigenvalue weighted by Crippen LogP contribution is -2.37. The number of carbonyl (C=O) groups excluding carboxylic acids is 1. The Morgan fingerprint density at radius 3 is 2.69 bits per heavy atom. The first kappa shape index (κ1) is 32.1. The molecule has 0 aliphatic carbocycles. The molecule has 1 saturated heterocycles. The minimum absolute atomic E-state index is 0.222. The predicted octanol–water partition coefficient (Wildman–Crippen LogP) is 6.41. The summed E-state index contributed by atoms with van der Waals surface area (Å²) in [6.45, 7) is 11.4. The number of halogens is 2. The number of nitrogens with one attached hydrogen (secondary N) is 2. The Morgan fingerprint density at radius 2 is 1.96 bits per heavy atom. The highest BCUT2D eigenvalue weighted by Gasteiger charge is 2.24. The molecule has 1 aromatic heterocycles. The van der Waals surface area contributed by atoms with Crippen molar-refractivity contribution in [1.82, 2.24) is 14.9 Å². The van der Waals surface area contributed by atoms with E-state index in [0.717, 1.165) is 39.3 Å². The van der Waals surface area contributed by atoms with E-state index in [0.29, 0.717) is 46.0 Å². The van der Waals surface area contributed by atoms with E-state index in [2.05, 4.69) is 32.1 Å². The SMILES string of the molecule is C=CC(=O)Nc1cc2c(Nc3cc(Cl)c(Oc4cccc(F)c4)cc3C(C)(C)O)ncnc2cc1OCCCN1CCOCC1. The average molecular weight is 636 g/mol. The Labute approximate surface area is 265 Å². The van der Waals surface area contributed by atoms with Gasteiger partial charge in [-0.05, 0) is 56.7 Å². The van der Waals surface area contributed by atoms with Crippen molar-refractivity contribution in [3.63, 3.8) is 0 Å². The van der Waals surface area contributed by atoms with Crippen LogP contribution in [0.25, 0.3) is 10.9 Å². The normalized spacial score (nSPS) is 13.8. The molecule has 236 valence electrons. The van der Waals surface area contributed by atoms with Gasteiger partial charge in [-0.2, -0.15) is 0 Å². The fourth-order valence-corrected chi connectivity index (χ4v) is 5.11. The summed E-state index contributed by atoms with van der Waals surface area (Å²) in [7, 11) is 0. The minimum Gasteiger partial charge on any atom is -0.491 e.